The van der Waals surface area contributed by atoms with Crippen molar-refractivity contribution in [2.24, 2.45) is 0 Å². The average Bonchev–Trinajstić information content (AvgIpc) is 2.36. The molecule has 0 heterocycles. The Kier molecular flexibility index (Phi) is 7.14. The highest BCUT2D eigenvalue weighted by molar-refractivity contribution is 6.30. The van der Waals surface area contributed by atoms with Crippen LogP contribution in [-0.4, -0.2) is 19.7 Å². The van der Waals surface area contributed by atoms with E-state index in [1.807, 2.05) is 18.2 Å². The molecule has 0 bridgehead atoms. The van der Waals surface area contributed by atoms with E-state index in [2.05, 4.69) is 19.2 Å². The maximum atomic E-state index is 6.02. The molecule has 0 radical (unpaired) electrons. The van der Waals surface area contributed by atoms with Gasteiger partial charge < -0.3 is 10.1 Å². The number of benzene rings is 1. The van der Waals surface area contributed by atoms with Crippen molar-refractivity contribution in [3.8, 4) is 5.75 Å². The van der Waals surface area contributed by atoms with Gasteiger partial charge in [-0.15, -0.1) is 0 Å². The topological polar surface area (TPSA) is 21.3 Å². The fraction of sp³-hybridized carbons (Fsp3) is 0.600. The minimum Gasteiger partial charge on any atom is -0.496 e. The zero-order valence-electron chi connectivity index (χ0n) is 11.6. The van der Waals surface area contributed by atoms with Crippen LogP contribution in [0.2, 0.25) is 5.02 Å². The molecule has 0 saturated heterocycles. The Morgan fingerprint density at radius 1 is 1.39 bits per heavy atom. The SMILES string of the molecule is CCCNC(C)CCCc1cc(Cl)ccc1OC. The fourth-order valence-corrected chi connectivity index (χ4v) is 2.23. The Labute approximate surface area is 116 Å². The molecule has 1 aromatic carbocycles. The van der Waals surface area contributed by atoms with Gasteiger partial charge in [0, 0.05) is 11.1 Å². The smallest absolute Gasteiger partial charge is 0.122 e. The van der Waals surface area contributed by atoms with Crippen LogP contribution in [0, 0.1) is 0 Å². The summed E-state index contributed by atoms with van der Waals surface area (Å²) in [4.78, 5) is 0. The van der Waals surface area contributed by atoms with E-state index in [0.717, 1.165) is 30.2 Å². The third-order valence-corrected chi connectivity index (χ3v) is 3.30. The molecule has 0 amide bonds. The normalized spacial score (nSPS) is 12.4. The van der Waals surface area contributed by atoms with Gasteiger partial charge in [-0.3, -0.25) is 0 Å². The van der Waals surface area contributed by atoms with Crippen molar-refractivity contribution in [3.05, 3.63) is 28.8 Å². The number of rotatable bonds is 8. The van der Waals surface area contributed by atoms with Crippen molar-refractivity contribution in [3.63, 3.8) is 0 Å². The molecule has 0 aromatic heterocycles. The van der Waals surface area contributed by atoms with Gasteiger partial charge in [0.25, 0.3) is 0 Å². The molecule has 3 heteroatoms. The Balaban J connectivity index is 2.40. The lowest BCUT2D eigenvalue weighted by molar-refractivity contribution is 0.407. The molecule has 1 atom stereocenters. The Morgan fingerprint density at radius 3 is 2.83 bits per heavy atom. The molecule has 102 valence electrons. The molecule has 0 fully saturated rings. The number of methoxy groups -OCH3 is 1. The summed E-state index contributed by atoms with van der Waals surface area (Å²) in [6.45, 7) is 5.53. The van der Waals surface area contributed by atoms with Crippen LogP contribution in [0.5, 0.6) is 5.75 Å². The quantitative estimate of drug-likeness (QED) is 0.768. The maximum Gasteiger partial charge on any atom is 0.122 e. The van der Waals surface area contributed by atoms with Crippen molar-refractivity contribution in [2.75, 3.05) is 13.7 Å². The summed E-state index contributed by atoms with van der Waals surface area (Å²) in [7, 11) is 1.71. The second-order valence-electron chi connectivity index (χ2n) is 4.70. The molecule has 18 heavy (non-hydrogen) atoms. The van der Waals surface area contributed by atoms with Crippen LogP contribution < -0.4 is 10.1 Å². The van der Waals surface area contributed by atoms with Crippen molar-refractivity contribution in [1.29, 1.82) is 0 Å². The lowest BCUT2D eigenvalue weighted by Gasteiger charge is -2.14. The second kappa shape index (κ2) is 8.39. The van der Waals surface area contributed by atoms with Crippen LogP contribution in [0.15, 0.2) is 18.2 Å². The van der Waals surface area contributed by atoms with Gasteiger partial charge in [0.2, 0.25) is 0 Å². The minimum absolute atomic E-state index is 0.579. The monoisotopic (exact) mass is 269 g/mol. The number of aryl methyl sites for hydroxylation is 1. The van der Waals surface area contributed by atoms with Gasteiger partial charge in [-0.2, -0.15) is 0 Å². The predicted molar refractivity (Wildman–Crippen MR) is 78.7 cm³/mol. The van der Waals surface area contributed by atoms with Crippen molar-refractivity contribution < 1.29 is 4.74 Å². The molecule has 1 rings (SSSR count). The van der Waals surface area contributed by atoms with E-state index >= 15 is 0 Å². The van der Waals surface area contributed by atoms with E-state index in [4.69, 9.17) is 16.3 Å². The summed E-state index contributed by atoms with van der Waals surface area (Å²) in [6.07, 6.45) is 4.53. The van der Waals surface area contributed by atoms with Crippen LogP contribution >= 0.6 is 11.6 Å². The van der Waals surface area contributed by atoms with Gasteiger partial charge in [-0.05, 0) is 62.9 Å². The van der Waals surface area contributed by atoms with Crippen LogP contribution in [0.4, 0.5) is 0 Å². The zero-order valence-corrected chi connectivity index (χ0v) is 12.4. The van der Waals surface area contributed by atoms with E-state index in [0.29, 0.717) is 6.04 Å². The molecule has 0 aliphatic heterocycles. The van der Waals surface area contributed by atoms with Crippen LogP contribution in [0.3, 0.4) is 0 Å². The van der Waals surface area contributed by atoms with Gasteiger partial charge in [-0.25, -0.2) is 0 Å². The molecule has 1 N–H and O–H groups in total. The van der Waals surface area contributed by atoms with Gasteiger partial charge in [0.05, 0.1) is 7.11 Å². The van der Waals surface area contributed by atoms with E-state index in [1.165, 1.54) is 18.4 Å². The Morgan fingerprint density at radius 2 is 2.17 bits per heavy atom. The first-order chi connectivity index (χ1) is 8.67. The highest BCUT2D eigenvalue weighted by atomic mass is 35.5. The maximum absolute atomic E-state index is 6.02. The molecule has 0 aliphatic carbocycles. The lowest BCUT2D eigenvalue weighted by atomic mass is 10.0. The number of hydrogen-bond donors (Lipinski definition) is 1. The van der Waals surface area contributed by atoms with Crippen LogP contribution in [-0.2, 0) is 6.42 Å². The van der Waals surface area contributed by atoms with E-state index in [9.17, 15) is 0 Å². The average molecular weight is 270 g/mol. The standard InChI is InChI=1S/C15H24ClNO/c1-4-10-17-12(2)6-5-7-13-11-14(16)8-9-15(13)18-3/h8-9,11-12,17H,4-7,10H2,1-3H3. The molecule has 1 aromatic rings. The summed E-state index contributed by atoms with van der Waals surface area (Å²) in [5, 5.41) is 4.28. The van der Waals surface area contributed by atoms with E-state index in [-0.39, 0.29) is 0 Å². The van der Waals surface area contributed by atoms with Gasteiger partial charge in [0.1, 0.15) is 5.75 Å². The summed E-state index contributed by atoms with van der Waals surface area (Å²) in [5.41, 5.74) is 1.20. The molecule has 0 aliphatic rings. The van der Waals surface area contributed by atoms with Crippen LogP contribution in [0.25, 0.3) is 0 Å². The third-order valence-electron chi connectivity index (χ3n) is 3.07. The molecule has 0 saturated carbocycles. The van der Waals surface area contributed by atoms with E-state index in [1.54, 1.807) is 7.11 Å². The van der Waals surface area contributed by atoms with E-state index < -0.39 is 0 Å². The zero-order chi connectivity index (χ0) is 13.4. The number of ether oxygens (including phenoxy) is 1. The van der Waals surface area contributed by atoms with Gasteiger partial charge in [-0.1, -0.05) is 18.5 Å². The highest BCUT2D eigenvalue weighted by Crippen LogP contribution is 2.24. The number of halogens is 1. The molecule has 0 spiro atoms. The van der Waals surface area contributed by atoms with Crippen molar-refractivity contribution in [2.45, 2.75) is 45.6 Å². The second-order valence-corrected chi connectivity index (χ2v) is 5.14. The Bertz CT molecular complexity index is 354. The van der Waals surface area contributed by atoms with Crippen LogP contribution in [0.1, 0.15) is 38.7 Å². The third kappa shape index (κ3) is 5.28. The molecular weight excluding hydrogens is 246 g/mol. The number of nitrogens with one attached hydrogen (secondary N) is 1. The first-order valence-corrected chi connectivity index (χ1v) is 7.11. The molecular formula is C15H24ClNO. The highest BCUT2D eigenvalue weighted by Gasteiger charge is 2.05. The first kappa shape index (κ1) is 15.3. The van der Waals surface area contributed by atoms with Gasteiger partial charge in [0.15, 0.2) is 0 Å². The lowest BCUT2D eigenvalue weighted by Crippen LogP contribution is -2.26. The summed E-state index contributed by atoms with van der Waals surface area (Å²) < 4.78 is 5.35. The summed E-state index contributed by atoms with van der Waals surface area (Å²) >= 11 is 6.02. The first-order valence-electron chi connectivity index (χ1n) is 6.73. The number of hydrogen-bond acceptors (Lipinski definition) is 2. The minimum atomic E-state index is 0.579. The van der Waals surface area contributed by atoms with Gasteiger partial charge >= 0.3 is 0 Å². The van der Waals surface area contributed by atoms with Crippen molar-refractivity contribution >= 4 is 11.6 Å². The summed E-state index contributed by atoms with van der Waals surface area (Å²) in [6, 6.07) is 6.39. The molecule has 2 nitrogen and oxygen atoms in total. The Hall–Kier alpha value is -0.730. The molecule has 1 unspecified atom stereocenters. The fourth-order valence-electron chi connectivity index (χ4n) is 2.03. The predicted octanol–water partition coefficient (Wildman–Crippen LogP) is 4.06. The van der Waals surface area contributed by atoms with Crippen molar-refractivity contribution in [1.82, 2.24) is 5.32 Å². The largest absolute Gasteiger partial charge is 0.496 e. The summed E-state index contributed by atoms with van der Waals surface area (Å²) in [5.74, 6) is 0.938.